The summed E-state index contributed by atoms with van der Waals surface area (Å²) in [5.74, 6) is -6.82. The molecule has 592 valence electrons. The van der Waals surface area contributed by atoms with Crippen LogP contribution in [0.5, 0.6) is 0 Å². The minimum absolute atomic E-state index is 0.0652. The number of rotatable bonds is 23. The predicted molar refractivity (Wildman–Crippen MR) is 323 cm³/mol. The van der Waals surface area contributed by atoms with E-state index < -0.39 is 281 Å². The van der Waals surface area contributed by atoms with Crippen molar-refractivity contribution in [1.82, 2.24) is 0 Å². The smallest absolute Gasteiger partial charge is 0.297 e. The van der Waals surface area contributed by atoms with E-state index in [-0.39, 0.29) is 9.79 Å². The molecule has 0 radical (unpaired) electrons. The van der Waals surface area contributed by atoms with Gasteiger partial charge in [-0.25, -0.2) is 0 Å². The van der Waals surface area contributed by atoms with E-state index >= 15 is 0 Å². The van der Waals surface area contributed by atoms with Gasteiger partial charge in [0.25, 0.3) is 20.2 Å². The predicted octanol–water partition coefficient (Wildman–Crippen LogP) is -14.6. The monoisotopic (exact) mass is 1540 g/mol. The maximum atomic E-state index is 12.4. The number of aryl methyl sites for hydroxylation is 2. The zero-order chi connectivity index (χ0) is 77.2. The van der Waals surface area contributed by atoms with Gasteiger partial charge >= 0.3 is 0 Å². The topological polar surface area (TPSA) is 754 Å². The number of hydrogen-bond acceptors (Lipinski definition) is 43. The van der Waals surface area contributed by atoms with Gasteiger partial charge in [-0.05, 0) is 43.6 Å². The van der Waals surface area contributed by atoms with Gasteiger partial charge in [-0.1, -0.05) is 40.5 Å². The van der Waals surface area contributed by atoms with Crippen LogP contribution in [0.4, 0.5) is 0 Å². The Bertz CT molecular complexity index is 3210. The van der Waals surface area contributed by atoms with Crippen molar-refractivity contribution in [2.45, 2.75) is 219 Å². The van der Waals surface area contributed by atoms with E-state index in [9.17, 15) is 134 Å². The molecule has 2 aromatic carbocycles. The molecule has 47 heteroatoms. The zero-order valence-corrected chi connectivity index (χ0v) is 55.9. The van der Waals surface area contributed by atoms with Gasteiger partial charge in [0.1, 0.15) is 166 Å². The summed E-state index contributed by atoms with van der Waals surface area (Å²) in [6, 6.07) is 11.7. The molecule has 0 saturated carbocycles. The minimum Gasteiger partial charge on any atom is -0.394 e. The number of benzene rings is 2. The van der Waals surface area contributed by atoms with Crippen LogP contribution in [0.1, 0.15) is 11.1 Å². The fourth-order valence-electron chi connectivity index (χ4n) is 10.9. The molecule has 12 unspecified atom stereocenters. The third kappa shape index (κ3) is 20.0. The second-order valence-corrected chi connectivity index (χ2v) is 27.6. The quantitative estimate of drug-likeness (QED) is 0.0213. The summed E-state index contributed by atoms with van der Waals surface area (Å²) in [6.45, 7) is -3.97. The summed E-state index contributed by atoms with van der Waals surface area (Å²) >= 11 is 0. The highest BCUT2D eigenvalue weighted by atomic mass is 32.2. The Morgan fingerprint density at radius 1 is 0.379 bits per heavy atom. The minimum atomic E-state index is -4.26. The van der Waals surface area contributed by atoms with Gasteiger partial charge in [-0.3, -0.25) is 8.37 Å². The van der Waals surface area contributed by atoms with Crippen LogP contribution in [0.15, 0.2) is 63.4 Å². The molecule has 26 N–H and O–H groups in total. The fraction of sp³-hybridized carbons (Fsp3) is 0.786. The Kier molecular flexibility index (Phi) is 32.0. The summed E-state index contributed by atoms with van der Waals surface area (Å²) < 4.78 is 110. The SMILES string of the molecule is Cc1ccc(S(=O)(=O)OCC2OC(O)C(O)[C@@H](O)[C@@H]2O)cc1.Cc1ccc(S(=O)(=O)OCC2O[C@H](O[C@]3(CO)O[C@H](CO)C(O)[C@H]3O)C(O)[C@@H](O)[C@@H]2O)cc1.OCC1O[C@H](O[C@]2(CO)O[C@H](CO)C(O)[C@H]2O)C(O)[C@@H](O)[C@@H]1O.[N-]=[N+]=NCC1O[C@H](O[C@]2(CO)O[C@H](CO)C(O)[C@H]2O)C(O)[C@@H](O)[C@@H]1O. The Morgan fingerprint density at radius 2 is 0.660 bits per heavy atom. The average molecular weight is 1540 g/mol. The van der Waals surface area contributed by atoms with Crippen molar-refractivity contribution in [2.75, 3.05) is 66.0 Å². The molecule has 7 aliphatic heterocycles. The highest BCUT2D eigenvalue weighted by Gasteiger charge is 2.62. The molecule has 7 fully saturated rings. The van der Waals surface area contributed by atoms with Crippen LogP contribution in [0.25, 0.3) is 10.4 Å². The van der Waals surface area contributed by atoms with Gasteiger partial charge < -0.3 is 180 Å². The first kappa shape index (κ1) is 88.0. The lowest BCUT2D eigenvalue weighted by Gasteiger charge is -2.43. The molecule has 0 aliphatic carbocycles. The van der Waals surface area contributed by atoms with Crippen LogP contribution in [0.3, 0.4) is 0 Å². The fourth-order valence-corrected chi connectivity index (χ4v) is 12.8. The highest BCUT2D eigenvalue weighted by Crippen LogP contribution is 2.40. The third-order valence-electron chi connectivity index (χ3n) is 17.3. The number of aliphatic hydroxyl groups excluding tert-OH is 26. The Morgan fingerprint density at radius 3 is 0.961 bits per heavy atom. The van der Waals surface area contributed by atoms with Gasteiger partial charge in [0.15, 0.2) is 25.2 Å². The summed E-state index contributed by atoms with van der Waals surface area (Å²) in [5, 5.41) is 256. The first-order valence-electron chi connectivity index (χ1n) is 31.1. The molecule has 45 nitrogen and oxygen atoms in total. The van der Waals surface area contributed by atoms with Crippen molar-refractivity contribution in [2.24, 2.45) is 5.11 Å². The summed E-state index contributed by atoms with van der Waals surface area (Å²) in [5.41, 5.74) is 10.0. The summed E-state index contributed by atoms with van der Waals surface area (Å²) in [4.78, 5) is 2.27. The van der Waals surface area contributed by atoms with E-state index in [2.05, 4.69) is 10.0 Å². The van der Waals surface area contributed by atoms with Gasteiger partial charge in [-0.15, -0.1) is 0 Å². The molecule has 0 aromatic heterocycles. The molecule has 0 amide bonds. The molecule has 0 spiro atoms. The second-order valence-electron chi connectivity index (χ2n) is 24.4. The molecule has 32 atom stereocenters. The highest BCUT2D eigenvalue weighted by molar-refractivity contribution is 7.87. The van der Waals surface area contributed by atoms with E-state index in [1.54, 1.807) is 38.1 Å². The van der Waals surface area contributed by atoms with Crippen molar-refractivity contribution in [3.63, 3.8) is 0 Å². The number of nitrogens with zero attached hydrogens (tertiary/aromatic N) is 3. The van der Waals surface area contributed by atoms with E-state index in [0.29, 0.717) is 0 Å². The van der Waals surface area contributed by atoms with Gasteiger partial charge in [0.2, 0.25) is 17.4 Å². The van der Waals surface area contributed by atoms with Crippen LogP contribution in [-0.2, 0) is 76.0 Å². The Hall–Kier alpha value is -3.87. The first-order chi connectivity index (χ1) is 48.3. The van der Waals surface area contributed by atoms with Crippen molar-refractivity contribution in [3.8, 4) is 0 Å². The molecule has 0 bridgehead atoms. The standard InChI is InChI=1S/C19H28O13S.C13H18O8S.C12H21N3O10.C12H22O11/c1-9-2-4-10(5-3-9)33(27,28)29-7-12-13(22)15(24)16(25)18(30-12)32-19(8-21)17(26)14(23)11(6-20)31-19;1-7-2-4-8(5-3-7)22(18,19)20-6-9-10(14)11(15)12(16)13(17)21-9;13-15-14-1-4-6(18)8(20)9(21)11(23-4)25-12(3-17)10(22)7(19)5(2-16)24-12;13-1-4-6(16)8(18)9(19)11(21-4)23-12(3-15)10(20)7(17)5(2-14)22-12/h2-5,11-18,20-26H,6-8H2,1H3;2-5,9-17H,6H2,1H3;4-11,16-22H,1-3H2;4-11,13-20H,1-3H2/t11-,12?,13-,14?,15+,16?,17-,18-,19+;9?,10-,11+,12?,13?;2*4?,5-,6-,7?,8+,9?,10-,11-,12+/m1111/s1. The maximum Gasteiger partial charge on any atom is 0.297 e. The maximum absolute atomic E-state index is 12.4. The van der Waals surface area contributed by atoms with E-state index in [1.165, 1.54) is 24.3 Å². The molecule has 7 saturated heterocycles. The lowest BCUT2D eigenvalue weighted by molar-refractivity contribution is -0.383. The lowest BCUT2D eigenvalue weighted by Crippen LogP contribution is -2.62. The van der Waals surface area contributed by atoms with Gasteiger partial charge in [-0.2, -0.15) is 16.8 Å². The van der Waals surface area contributed by atoms with Crippen LogP contribution >= 0.6 is 0 Å². The third-order valence-corrected chi connectivity index (χ3v) is 19.8. The van der Waals surface area contributed by atoms with E-state index in [0.717, 1.165) is 11.1 Å². The summed E-state index contributed by atoms with van der Waals surface area (Å²) in [6.07, 6.45) is -47.2. The van der Waals surface area contributed by atoms with Crippen LogP contribution in [0, 0.1) is 13.8 Å². The average Bonchev–Trinajstić information content (AvgIpc) is 1.75. The normalized spacial score (nSPS) is 42.7. The Balaban J connectivity index is 0.000000219. The second kappa shape index (κ2) is 37.5. The molecule has 7 aliphatic rings. The Labute approximate surface area is 583 Å². The molecule has 2 aromatic rings. The van der Waals surface area contributed by atoms with Crippen molar-refractivity contribution < 1.29 is 205 Å². The van der Waals surface area contributed by atoms with E-state index in [1.807, 2.05) is 0 Å². The number of aliphatic hydroxyl groups is 26. The largest absolute Gasteiger partial charge is 0.394 e. The molecular weight excluding hydrogens is 1450 g/mol. The van der Waals surface area contributed by atoms with Crippen molar-refractivity contribution in [3.05, 3.63) is 70.1 Å². The van der Waals surface area contributed by atoms with E-state index in [4.69, 9.17) is 76.6 Å². The van der Waals surface area contributed by atoms with Crippen LogP contribution < -0.4 is 0 Å². The van der Waals surface area contributed by atoms with Crippen LogP contribution in [-0.4, -0.2) is 411 Å². The zero-order valence-electron chi connectivity index (χ0n) is 54.3. The summed E-state index contributed by atoms with van der Waals surface area (Å²) in [7, 11) is -8.32. The van der Waals surface area contributed by atoms with Crippen molar-refractivity contribution >= 4 is 20.2 Å². The van der Waals surface area contributed by atoms with Gasteiger partial charge in [0.05, 0.1) is 62.1 Å². The molecule has 7 heterocycles. The molecule has 9 rings (SSSR count). The number of hydrogen-bond donors (Lipinski definition) is 26. The van der Waals surface area contributed by atoms with Gasteiger partial charge in [0, 0.05) is 4.91 Å². The molecule has 103 heavy (non-hydrogen) atoms. The van der Waals surface area contributed by atoms with Crippen LogP contribution in [0.2, 0.25) is 0 Å². The first-order valence-corrected chi connectivity index (χ1v) is 33.9. The number of azide groups is 1. The lowest BCUT2D eigenvalue weighted by atomic mass is 9.98. The number of ether oxygens (including phenoxy) is 10. The molecular formula is C56H89N3O42S2. The van der Waals surface area contributed by atoms with Crippen molar-refractivity contribution in [1.29, 1.82) is 0 Å².